The van der Waals surface area contributed by atoms with Gasteiger partial charge in [0.25, 0.3) is 0 Å². The highest BCUT2D eigenvalue weighted by atomic mass is 35.5. The van der Waals surface area contributed by atoms with Crippen molar-refractivity contribution in [2.45, 2.75) is 44.6 Å². The molecule has 2 atom stereocenters. The summed E-state index contributed by atoms with van der Waals surface area (Å²) < 4.78 is 0. The van der Waals surface area contributed by atoms with Crippen molar-refractivity contribution in [3.63, 3.8) is 0 Å². The maximum Gasteiger partial charge on any atom is 0.0438 e. The zero-order chi connectivity index (χ0) is 11.5. The number of aryl methyl sites for hydroxylation is 1. The van der Waals surface area contributed by atoms with Crippen molar-refractivity contribution in [1.29, 1.82) is 0 Å². The van der Waals surface area contributed by atoms with Gasteiger partial charge in [-0.3, -0.25) is 0 Å². The van der Waals surface area contributed by atoms with Crippen molar-refractivity contribution in [2.24, 2.45) is 0 Å². The van der Waals surface area contributed by atoms with Gasteiger partial charge >= 0.3 is 0 Å². The van der Waals surface area contributed by atoms with Crippen LogP contribution in [-0.4, -0.2) is 13.1 Å². The molecule has 2 heteroatoms. The Morgan fingerprint density at radius 1 is 1.31 bits per heavy atom. The minimum Gasteiger partial charge on any atom is -0.317 e. The first kappa shape index (κ1) is 11.9. The Morgan fingerprint density at radius 3 is 2.81 bits per heavy atom. The molecule has 0 aromatic heterocycles. The number of hydrogen-bond donors (Lipinski definition) is 1. The molecule has 1 aromatic rings. The molecule has 88 valence electrons. The van der Waals surface area contributed by atoms with Crippen molar-refractivity contribution < 1.29 is 0 Å². The summed E-state index contributed by atoms with van der Waals surface area (Å²) in [6, 6.07) is 7.21. The summed E-state index contributed by atoms with van der Waals surface area (Å²) in [5.41, 5.74) is 2.59. The molecule has 1 aliphatic rings. The van der Waals surface area contributed by atoms with Gasteiger partial charge in [0.05, 0.1) is 0 Å². The number of benzene rings is 1. The van der Waals surface area contributed by atoms with Crippen LogP contribution in [0.1, 0.15) is 42.7 Å². The van der Waals surface area contributed by atoms with Gasteiger partial charge in [0, 0.05) is 11.1 Å². The SMILES string of the molecule is CNC1CCCC(c2ccc(C)c(Cl)c2)C1. The van der Waals surface area contributed by atoms with Crippen molar-refractivity contribution in [2.75, 3.05) is 7.05 Å². The summed E-state index contributed by atoms with van der Waals surface area (Å²) in [6.07, 6.45) is 5.18. The molecule has 0 spiro atoms. The van der Waals surface area contributed by atoms with E-state index in [0.29, 0.717) is 12.0 Å². The van der Waals surface area contributed by atoms with Gasteiger partial charge in [0.1, 0.15) is 0 Å². The first-order chi connectivity index (χ1) is 7.70. The smallest absolute Gasteiger partial charge is 0.0438 e. The maximum atomic E-state index is 6.19. The van der Waals surface area contributed by atoms with Gasteiger partial charge in [-0.1, -0.05) is 30.2 Å². The first-order valence-corrected chi connectivity index (χ1v) is 6.52. The summed E-state index contributed by atoms with van der Waals surface area (Å²) in [5, 5.41) is 4.30. The lowest BCUT2D eigenvalue weighted by Crippen LogP contribution is -2.30. The van der Waals surface area contributed by atoms with E-state index >= 15 is 0 Å². The van der Waals surface area contributed by atoms with E-state index < -0.39 is 0 Å². The average molecular weight is 238 g/mol. The van der Waals surface area contributed by atoms with Crippen molar-refractivity contribution in [3.8, 4) is 0 Å². The minimum absolute atomic E-state index is 0.679. The van der Waals surface area contributed by atoms with E-state index in [1.807, 2.05) is 0 Å². The Balaban J connectivity index is 2.13. The third kappa shape index (κ3) is 2.58. The summed E-state index contributed by atoms with van der Waals surface area (Å²) in [4.78, 5) is 0. The lowest BCUT2D eigenvalue weighted by atomic mass is 9.81. The van der Waals surface area contributed by atoms with Crippen LogP contribution in [0.25, 0.3) is 0 Å². The summed E-state index contributed by atoms with van der Waals surface area (Å²) in [5.74, 6) is 0.685. The molecule has 1 aromatic carbocycles. The summed E-state index contributed by atoms with van der Waals surface area (Å²) in [6.45, 7) is 2.06. The van der Waals surface area contributed by atoms with E-state index in [4.69, 9.17) is 11.6 Å². The second kappa shape index (κ2) is 5.20. The van der Waals surface area contributed by atoms with Crippen LogP contribution >= 0.6 is 11.6 Å². The molecule has 2 unspecified atom stereocenters. The van der Waals surface area contributed by atoms with E-state index in [-0.39, 0.29) is 0 Å². The zero-order valence-electron chi connectivity index (χ0n) is 10.1. The fraction of sp³-hybridized carbons (Fsp3) is 0.571. The average Bonchev–Trinajstić information content (AvgIpc) is 2.33. The van der Waals surface area contributed by atoms with E-state index in [9.17, 15) is 0 Å². The van der Waals surface area contributed by atoms with Gasteiger partial charge in [0.2, 0.25) is 0 Å². The second-order valence-electron chi connectivity index (χ2n) is 4.86. The minimum atomic E-state index is 0.679. The van der Waals surface area contributed by atoms with E-state index in [2.05, 4.69) is 37.5 Å². The Kier molecular flexibility index (Phi) is 3.88. The molecule has 0 radical (unpaired) electrons. The molecule has 1 saturated carbocycles. The third-order valence-corrected chi connectivity index (χ3v) is 4.16. The molecule has 0 amide bonds. The fourth-order valence-electron chi connectivity index (χ4n) is 2.62. The first-order valence-electron chi connectivity index (χ1n) is 6.14. The molecule has 2 rings (SSSR count). The second-order valence-corrected chi connectivity index (χ2v) is 5.26. The van der Waals surface area contributed by atoms with Crippen molar-refractivity contribution in [3.05, 3.63) is 34.3 Å². The van der Waals surface area contributed by atoms with Crippen LogP contribution in [0.2, 0.25) is 5.02 Å². The van der Waals surface area contributed by atoms with E-state index in [1.165, 1.54) is 36.8 Å². The van der Waals surface area contributed by atoms with E-state index in [1.54, 1.807) is 0 Å². The molecule has 16 heavy (non-hydrogen) atoms. The number of rotatable bonds is 2. The molecular formula is C14H20ClN. The number of halogens is 1. The van der Waals surface area contributed by atoms with Gasteiger partial charge in [-0.15, -0.1) is 0 Å². The van der Waals surface area contributed by atoms with Crippen LogP contribution in [0.5, 0.6) is 0 Å². The van der Waals surface area contributed by atoms with Crippen molar-refractivity contribution >= 4 is 11.6 Å². The van der Waals surface area contributed by atoms with Crippen LogP contribution in [-0.2, 0) is 0 Å². The van der Waals surface area contributed by atoms with Crippen LogP contribution in [0.4, 0.5) is 0 Å². The molecule has 1 fully saturated rings. The highest BCUT2D eigenvalue weighted by Crippen LogP contribution is 2.34. The van der Waals surface area contributed by atoms with Gasteiger partial charge in [0.15, 0.2) is 0 Å². The zero-order valence-corrected chi connectivity index (χ0v) is 10.8. The monoisotopic (exact) mass is 237 g/mol. The van der Waals surface area contributed by atoms with Crippen molar-refractivity contribution in [1.82, 2.24) is 5.32 Å². The van der Waals surface area contributed by atoms with Crippen LogP contribution < -0.4 is 5.32 Å². The van der Waals surface area contributed by atoms with Gasteiger partial charge in [-0.05, 0) is 56.3 Å². The Morgan fingerprint density at radius 2 is 2.12 bits per heavy atom. The topological polar surface area (TPSA) is 12.0 Å². The van der Waals surface area contributed by atoms with Crippen LogP contribution in [0.3, 0.4) is 0 Å². The molecule has 0 saturated heterocycles. The number of nitrogens with one attached hydrogen (secondary N) is 1. The van der Waals surface area contributed by atoms with Crippen LogP contribution in [0.15, 0.2) is 18.2 Å². The Bertz CT molecular complexity index is 362. The number of hydrogen-bond acceptors (Lipinski definition) is 1. The van der Waals surface area contributed by atoms with E-state index in [0.717, 1.165) is 5.02 Å². The lowest BCUT2D eigenvalue weighted by molar-refractivity contribution is 0.355. The van der Waals surface area contributed by atoms with Crippen LogP contribution in [0, 0.1) is 6.92 Å². The summed E-state index contributed by atoms with van der Waals surface area (Å²) in [7, 11) is 2.06. The molecule has 0 aliphatic heterocycles. The Labute approximate surface area is 103 Å². The van der Waals surface area contributed by atoms with Gasteiger partial charge in [-0.25, -0.2) is 0 Å². The summed E-state index contributed by atoms with van der Waals surface area (Å²) >= 11 is 6.19. The highest BCUT2D eigenvalue weighted by molar-refractivity contribution is 6.31. The Hall–Kier alpha value is -0.530. The predicted molar refractivity (Wildman–Crippen MR) is 70.2 cm³/mol. The van der Waals surface area contributed by atoms with Gasteiger partial charge < -0.3 is 5.32 Å². The fourth-order valence-corrected chi connectivity index (χ4v) is 2.81. The molecule has 0 bridgehead atoms. The lowest BCUT2D eigenvalue weighted by Gasteiger charge is -2.29. The molecular weight excluding hydrogens is 218 g/mol. The maximum absolute atomic E-state index is 6.19. The standard InChI is InChI=1S/C14H20ClN/c1-10-6-7-12(9-14(10)15)11-4-3-5-13(8-11)16-2/h6-7,9,11,13,16H,3-5,8H2,1-2H3. The molecule has 1 aliphatic carbocycles. The molecule has 1 nitrogen and oxygen atoms in total. The molecule has 0 heterocycles. The van der Waals surface area contributed by atoms with Gasteiger partial charge in [-0.2, -0.15) is 0 Å². The normalized spacial score (nSPS) is 25.7. The predicted octanol–water partition coefficient (Wildman–Crippen LogP) is 3.89. The third-order valence-electron chi connectivity index (χ3n) is 3.75. The quantitative estimate of drug-likeness (QED) is 0.823. The molecule has 1 N–H and O–H groups in total. The highest BCUT2D eigenvalue weighted by Gasteiger charge is 2.22. The largest absolute Gasteiger partial charge is 0.317 e.